The number of hydrogen-bond acceptors (Lipinski definition) is 5. The topological polar surface area (TPSA) is 58.6 Å². The number of nitrogens with zero attached hydrogens (tertiary/aromatic N) is 4. The van der Waals surface area contributed by atoms with E-state index in [9.17, 15) is 4.79 Å². The molecule has 2 saturated heterocycles. The van der Waals surface area contributed by atoms with Crippen molar-refractivity contribution in [3.8, 4) is 0 Å². The van der Waals surface area contributed by atoms with Crippen molar-refractivity contribution in [2.24, 2.45) is 5.92 Å². The molecule has 3 rings (SSSR count). The van der Waals surface area contributed by atoms with Gasteiger partial charge in [0.15, 0.2) is 0 Å². The van der Waals surface area contributed by atoms with E-state index < -0.39 is 0 Å². The fourth-order valence-corrected chi connectivity index (χ4v) is 3.20. The molecule has 6 heteroatoms. The van der Waals surface area contributed by atoms with E-state index in [1.807, 2.05) is 18.7 Å². The van der Waals surface area contributed by atoms with E-state index in [1.54, 1.807) is 6.20 Å². The molecule has 0 saturated carbocycles. The summed E-state index contributed by atoms with van der Waals surface area (Å²) in [6.07, 6.45) is 3.59. The number of ether oxygens (including phenoxy) is 1. The summed E-state index contributed by atoms with van der Waals surface area (Å²) < 4.78 is 5.32. The van der Waals surface area contributed by atoms with Crippen LogP contribution < -0.4 is 4.90 Å². The smallest absolute Gasteiger partial charge is 0.225 e. The molecule has 1 amide bonds. The van der Waals surface area contributed by atoms with E-state index in [1.165, 1.54) is 0 Å². The van der Waals surface area contributed by atoms with Crippen LogP contribution in [0, 0.1) is 19.8 Å². The van der Waals surface area contributed by atoms with Gasteiger partial charge >= 0.3 is 0 Å². The molecule has 2 aliphatic rings. The molecule has 0 aliphatic carbocycles. The quantitative estimate of drug-likeness (QED) is 0.821. The fraction of sp³-hybridized carbons (Fsp3) is 0.688. The third-order valence-corrected chi connectivity index (χ3v) is 4.52. The van der Waals surface area contributed by atoms with Crippen LogP contribution in [-0.4, -0.2) is 60.2 Å². The number of piperidine rings is 1. The number of aryl methyl sites for hydroxylation is 2. The molecule has 0 bridgehead atoms. The van der Waals surface area contributed by atoms with Gasteiger partial charge in [-0.3, -0.25) is 9.78 Å². The lowest BCUT2D eigenvalue weighted by atomic mass is 9.95. The minimum absolute atomic E-state index is 0.146. The summed E-state index contributed by atoms with van der Waals surface area (Å²) >= 11 is 0. The highest BCUT2D eigenvalue weighted by Crippen LogP contribution is 2.25. The van der Waals surface area contributed by atoms with Crippen molar-refractivity contribution >= 4 is 11.7 Å². The Labute approximate surface area is 131 Å². The Morgan fingerprint density at radius 1 is 1.18 bits per heavy atom. The Bertz CT molecular complexity index is 535. The van der Waals surface area contributed by atoms with Gasteiger partial charge in [0.25, 0.3) is 0 Å². The van der Waals surface area contributed by atoms with Crippen molar-refractivity contribution in [1.82, 2.24) is 14.9 Å². The molecule has 3 heterocycles. The van der Waals surface area contributed by atoms with Crippen LogP contribution in [0.1, 0.15) is 24.2 Å². The van der Waals surface area contributed by atoms with E-state index in [-0.39, 0.29) is 5.92 Å². The molecule has 6 nitrogen and oxygen atoms in total. The summed E-state index contributed by atoms with van der Waals surface area (Å²) in [4.78, 5) is 25.8. The molecule has 22 heavy (non-hydrogen) atoms. The fourth-order valence-electron chi connectivity index (χ4n) is 3.20. The molecule has 0 unspecified atom stereocenters. The number of hydrogen-bond donors (Lipinski definition) is 0. The highest BCUT2D eigenvalue weighted by Gasteiger charge is 2.30. The Morgan fingerprint density at radius 2 is 1.86 bits per heavy atom. The summed E-state index contributed by atoms with van der Waals surface area (Å²) in [5, 5.41) is 0. The molecule has 0 N–H and O–H groups in total. The normalized spacial score (nSPS) is 20.3. The zero-order valence-electron chi connectivity index (χ0n) is 13.4. The number of aromatic nitrogens is 2. The molecule has 2 aliphatic heterocycles. The van der Waals surface area contributed by atoms with Crippen LogP contribution in [-0.2, 0) is 9.53 Å². The van der Waals surface area contributed by atoms with E-state index >= 15 is 0 Å². The Morgan fingerprint density at radius 3 is 2.55 bits per heavy atom. The van der Waals surface area contributed by atoms with Gasteiger partial charge in [-0.1, -0.05) is 0 Å². The Balaban J connectivity index is 1.60. The minimum atomic E-state index is 0.146. The SMILES string of the molecule is Cc1cnc(C)c(N2CCC(C(=O)N3CCOCC3)CC2)n1. The molecule has 0 radical (unpaired) electrons. The van der Waals surface area contributed by atoms with Gasteiger partial charge in [0.2, 0.25) is 5.91 Å². The number of carbonyl (C=O) groups excluding carboxylic acids is 1. The second kappa shape index (κ2) is 6.60. The zero-order valence-corrected chi connectivity index (χ0v) is 13.4. The van der Waals surface area contributed by atoms with Gasteiger partial charge in [0.05, 0.1) is 24.6 Å². The summed E-state index contributed by atoms with van der Waals surface area (Å²) in [5.41, 5.74) is 1.90. The first-order valence-electron chi connectivity index (χ1n) is 8.07. The standard InChI is InChI=1S/C16H24N4O2/c1-12-11-17-13(2)15(18-12)19-5-3-14(4-6-19)16(21)20-7-9-22-10-8-20/h11,14H,3-10H2,1-2H3. The maximum Gasteiger partial charge on any atom is 0.225 e. The third kappa shape index (κ3) is 3.21. The average Bonchev–Trinajstić information content (AvgIpc) is 2.57. The van der Waals surface area contributed by atoms with Crippen LogP contribution in [0.25, 0.3) is 0 Å². The first-order chi connectivity index (χ1) is 10.6. The highest BCUT2D eigenvalue weighted by molar-refractivity contribution is 5.79. The van der Waals surface area contributed by atoms with Crippen molar-refractivity contribution in [1.29, 1.82) is 0 Å². The predicted octanol–water partition coefficient (Wildman–Crippen LogP) is 1.17. The van der Waals surface area contributed by atoms with Crippen LogP contribution in [0.4, 0.5) is 5.82 Å². The first-order valence-corrected chi connectivity index (χ1v) is 8.07. The lowest BCUT2D eigenvalue weighted by molar-refractivity contribution is -0.140. The Kier molecular flexibility index (Phi) is 4.57. The molecule has 2 fully saturated rings. The summed E-state index contributed by atoms with van der Waals surface area (Å²) in [6.45, 7) is 8.52. The van der Waals surface area contributed by atoms with Gasteiger partial charge in [-0.2, -0.15) is 0 Å². The van der Waals surface area contributed by atoms with Gasteiger partial charge < -0.3 is 14.5 Å². The van der Waals surface area contributed by atoms with Crippen LogP contribution in [0.3, 0.4) is 0 Å². The van der Waals surface area contributed by atoms with Crippen molar-refractivity contribution in [3.63, 3.8) is 0 Å². The lowest BCUT2D eigenvalue weighted by Crippen LogP contribution is -2.47. The average molecular weight is 304 g/mol. The van der Waals surface area contributed by atoms with Gasteiger partial charge in [-0.15, -0.1) is 0 Å². The molecule has 0 atom stereocenters. The maximum atomic E-state index is 12.5. The lowest BCUT2D eigenvalue weighted by Gasteiger charge is -2.36. The second-order valence-corrected chi connectivity index (χ2v) is 6.12. The maximum absolute atomic E-state index is 12.5. The van der Waals surface area contributed by atoms with E-state index in [4.69, 9.17) is 4.74 Å². The zero-order chi connectivity index (χ0) is 15.5. The van der Waals surface area contributed by atoms with E-state index in [2.05, 4.69) is 14.9 Å². The van der Waals surface area contributed by atoms with E-state index in [0.29, 0.717) is 19.1 Å². The van der Waals surface area contributed by atoms with Gasteiger partial charge in [0, 0.05) is 38.3 Å². The van der Waals surface area contributed by atoms with E-state index in [0.717, 1.165) is 56.2 Å². The number of carbonyl (C=O) groups is 1. The number of anilines is 1. The Hall–Kier alpha value is -1.69. The van der Waals surface area contributed by atoms with Crippen LogP contribution in [0.2, 0.25) is 0 Å². The number of morpholine rings is 1. The van der Waals surface area contributed by atoms with Crippen LogP contribution >= 0.6 is 0 Å². The molecule has 0 aromatic carbocycles. The number of rotatable bonds is 2. The molecular weight excluding hydrogens is 280 g/mol. The third-order valence-electron chi connectivity index (χ3n) is 4.52. The highest BCUT2D eigenvalue weighted by atomic mass is 16.5. The largest absolute Gasteiger partial charge is 0.378 e. The summed E-state index contributed by atoms with van der Waals surface area (Å²) in [6, 6.07) is 0. The monoisotopic (exact) mass is 304 g/mol. The predicted molar refractivity (Wildman–Crippen MR) is 83.8 cm³/mol. The van der Waals surface area contributed by atoms with Crippen molar-refractivity contribution in [2.75, 3.05) is 44.3 Å². The van der Waals surface area contributed by atoms with Gasteiger partial charge in [-0.05, 0) is 26.7 Å². The number of amides is 1. The molecule has 120 valence electrons. The second-order valence-electron chi connectivity index (χ2n) is 6.12. The molecule has 1 aromatic heterocycles. The first kappa shape index (κ1) is 15.2. The van der Waals surface area contributed by atoms with Crippen LogP contribution in [0.15, 0.2) is 6.20 Å². The van der Waals surface area contributed by atoms with Crippen molar-refractivity contribution in [3.05, 3.63) is 17.6 Å². The molecular formula is C16H24N4O2. The summed E-state index contributed by atoms with van der Waals surface area (Å²) in [7, 11) is 0. The summed E-state index contributed by atoms with van der Waals surface area (Å²) in [5.74, 6) is 1.42. The van der Waals surface area contributed by atoms with Crippen molar-refractivity contribution in [2.45, 2.75) is 26.7 Å². The van der Waals surface area contributed by atoms with Gasteiger partial charge in [0.1, 0.15) is 5.82 Å². The molecule has 0 spiro atoms. The van der Waals surface area contributed by atoms with Crippen molar-refractivity contribution < 1.29 is 9.53 Å². The minimum Gasteiger partial charge on any atom is -0.378 e. The van der Waals surface area contributed by atoms with Crippen LogP contribution in [0.5, 0.6) is 0 Å². The molecule has 1 aromatic rings. The van der Waals surface area contributed by atoms with Gasteiger partial charge in [-0.25, -0.2) is 4.98 Å².